The first-order chi connectivity index (χ1) is 2.64. The molecule has 0 bridgehead atoms. The van der Waals surface area contributed by atoms with E-state index < -0.39 is 0 Å². The van der Waals surface area contributed by atoms with Gasteiger partial charge in [0.2, 0.25) is 0 Å². The minimum absolute atomic E-state index is 0. The molecule has 0 saturated heterocycles. The predicted octanol–water partition coefficient (Wildman–Crippen LogP) is 1.34. The van der Waals surface area contributed by atoms with Crippen LogP contribution in [-0.2, 0) is 0 Å². The van der Waals surface area contributed by atoms with E-state index in [1.54, 1.807) is 6.92 Å². The Balaban J connectivity index is -0.000000125. The summed E-state index contributed by atoms with van der Waals surface area (Å²) in [7, 11) is 0. The molecule has 0 unspecified atom stereocenters. The lowest BCUT2D eigenvalue weighted by Gasteiger charge is -1.86. The Hall–Kier alpha value is -0.210. The zero-order valence-corrected chi connectivity index (χ0v) is 6.23. The molecule has 0 atom stereocenters. The van der Waals surface area contributed by atoms with Crippen LogP contribution >= 0.6 is 24.8 Å². The van der Waals surface area contributed by atoms with Crippen molar-refractivity contribution in [1.82, 2.24) is 0 Å². The number of halogens is 2. The summed E-state index contributed by atoms with van der Waals surface area (Å²) in [6, 6.07) is 0. The molecule has 0 saturated carbocycles. The summed E-state index contributed by atoms with van der Waals surface area (Å²) in [5.41, 5.74) is 5.54. The molecule has 0 spiro atoms. The van der Waals surface area contributed by atoms with Crippen molar-refractivity contribution >= 4 is 30.6 Å². The van der Waals surface area contributed by atoms with E-state index in [9.17, 15) is 0 Å². The normalized spacial score (nSPS) is 5.62. The van der Waals surface area contributed by atoms with Gasteiger partial charge >= 0.3 is 0 Å². The van der Waals surface area contributed by atoms with Crippen molar-refractivity contribution in [3.63, 3.8) is 0 Å². The Morgan fingerprint density at radius 3 is 1.62 bits per heavy atom. The summed E-state index contributed by atoms with van der Waals surface area (Å²) < 4.78 is 0. The van der Waals surface area contributed by atoms with Crippen LogP contribution in [0.2, 0.25) is 0 Å². The van der Waals surface area contributed by atoms with Gasteiger partial charge in [-0.3, -0.25) is 5.41 Å². The number of nitrogens with two attached hydrogens (primary N) is 1. The van der Waals surface area contributed by atoms with Crippen LogP contribution in [-0.4, -0.2) is 5.84 Å². The highest BCUT2D eigenvalue weighted by Crippen LogP contribution is 1.78. The number of nitrogens with one attached hydrogen (secondary N) is 1. The maximum Gasteiger partial charge on any atom is 0.117 e. The highest BCUT2D eigenvalue weighted by Gasteiger charge is 1.80. The van der Waals surface area contributed by atoms with Gasteiger partial charge in [0.15, 0.2) is 0 Å². The molecule has 0 aromatic heterocycles. The molecule has 0 rings (SSSR count). The third-order valence-electron chi connectivity index (χ3n) is 0.460. The summed E-state index contributed by atoms with van der Waals surface area (Å²) in [6.07, 6.45) is 0. The molecule has 0 aliphatic rings. The van der Waals surface area contributed by atoms with Gasteiger partial charge in [0.05, 0.1) is 0 Å². The summed E-state index contributed by atoms with van der Waals surface area (Å²) in [6.45, 7) is 5.10. The molecule has 0 heterocycles. The second kappa shape index (κ2) is 6.79. The predicted molar refractivity (Wildman–Crippen MR) is 41.2 cm³/mol. The molecule has 4 heteroatoms. The largest absolute Gasteiger partial charge is 0.384 e. The zero-order chi connectivity index (χ0) is 5.15. The van der Waals surface area contributed by atoms with E-state index in [4.69, 9.17) is 11.1 Å². The van der Waals surface area contributed by atoms with Gasteiger partial charge in [0.1, 0.15) is 5.84 Å². The van der Waals surface area contributed by atoms with Gasteiger partial charge in [0, 0.05) is 0 Å². The summed E-state index contributed by atoms with van der Waals surface area (Å²) in [5, 5.41) is 6.63. The molecule has 0 fully saturated rings. The van der Waals surface area contributed by atoms with E-state index in [2.05, 4.69) is 6.58 Å². The fourth-order valence-corrected chi connectivity index (χ4v) is 0. The van der Waals surface area contributed by atoms with Crippen molar-refractivity contribution in [3.8, 4) is 0 Å². The van der Waals surface area contributed by atoms with E-state index >= 15 is 0 Å². The fourth-order valence-electron chi connectivity index (χ4n) is 0. The van der Waals surface area contributed by atoms with Crippen LogP contribution in [0.1, 0.15) is 6.92 Å². The molecule has 3 N–H and O–H groups in total. The summed E-state index contributed by atoms with van der Waals surface area (Å²) in [5.74, 6) is 0.0648. The van der Waals surface area contributed by atoms with Crippen LogP contribution in [0.5, 0.6) is 0 Å². The zero-order valence-electron chi connectivity index (χ0n) is 4.60. The Morgan fingerprint density at radius 1 is 1.50 bits per heavy atom. The van der Waals surface area contributed by atoms with E-state index in [1.165, 1.54) is 0 Å². The standard InChI is InChI=1S/C4H8N2.2ClH/c1-3(2)4(5)6;;/h1H2,2H3,(H3,5,6);2*1H. The van der Waals surface area contributed by atoms with Crippen molar-refractivity contribution in [2.24, 2.45) is 5.73 Å². The molecule has 50 valence electrons. The van der Waals surface area contributed by atoms with Crippen LogP contribution in [0.3, 0.4) is 0 Å². The van der Waals surface area contributed by atoms with Gasteiger partial charge in [-0.2, -0.15) is 0 Å². The average molecular weight is 157 g/mol. The van der Waals surface area contributed by atoms with Gasteiger partial charge in [-0.05, 0) is 12.5 Å². The van der Waals surface area contributed by atoms with Gasteiger partial charge in [-0.15, -0.1) is 24.8 Å². The highest BCUT2D eigenvalue weighted by molar-refractivity contribution is 5.92. The Bertz CT molecular complexity index is 78.0. The third kappa shape index (κ3) is 9.25. The third-order valence-corrected chi connectivity index (χ3v) is 0.460. The van der Waals surface area contributed by atoms with Crippen LogP contribution in [0.4, 0.5) is 0 Å². The lowest BCUT2D eigenvalue weighted by atomic mass is 10.3. The number of hydrogen-bond acceptors (Lipinski definition) is 1. The van der Waals surface area contributed by atoms with Gasteiger partial charge in [-0.1, -0.05) is 6.58 Å². The second-order valence-electron chi connectivity index (χ2n) is 1.19. The number of hydrogen-bond donors (Lipinski definition) is 2. The van der Waals surface area contributed by atoms with E-state index in [0.717, 1.165) is 0 Å². The monoisotopic (exact) mass is 156 g/mol. The number of amidine groups is 1. The van der Waals surface area contributed by atoms with Crippen LogP contribution in [0.25, 0.3) is 0 Å². The first-order valence-corrected chi connectivity index (χ1v) is 1.64. The minimum Gasteiger partial charge on any atom is -0.384 e. The van der Waals surface area contributed by atoms with E-state index in [0.29, 0.717) is 5.57 Å². The van der Waals surface area contributed by atoms with Crippen molar-refractivity contribution < 1.29 is 0 Å². The quantitative estimate of drug-likeness (QED) is 0.438. The van der Waals surface area contributed by atoms with Crippen molar-refractivity contribution in [2.75, 3.05) is 0 Å². The lowest BCUT2D eigenvalue weighted by Crippen LogP contribution is -2.08. The highest BCUT2D eigenvalue weighted by atomic mass is 35.5. The molecule has 0 radical (unpaired) electrons. The summed E-state index contributed by atoms with van der Waals surface area (Å²) in [4.78, 5) is 0. The van der Waals surface area contributed by atoms with Gasteiger partial charge < -0.3 is 5.73 Å². The molecular weight excluding hydrogens is 147 g/mol. The lowest BCUT2D eigenvalue weighted by molar-refractivity contribution is 1.40. The van der Waals surface area contributed by atoms with E-state index in [-0.39, 0.29) is 30.6 Å². The molecule has 8 heavy (non-hydrogen) atoms. The van der Waals surface area contributed by atoms with Crippen molar-refractivity contribution in [3.05, 3.63) is 12.2 Å². The molecule has 0 amide bonds. The maximum absolute atomic E-state index is 6.63. The Kier molecular flexibility index (Phi) is 13.3. The second-order valence-corrected chi connectivity index (χ2v) is 1.19. The maximum atomic E-state index is 6.63. The molecule has 0 aromatic rings. The van der Waals surface area contributed by atoms with Gasteiger partial charge in [0.25, 0.3) is 0 Å². The Morgan fingerprint density at radius 2 is 1.62 bits per heavy atom. The molecule has 0 aromatic carbocycles. The summed E-state index contributed by atoms with van der Waals surface area (Å²) >= 11 is 0. The van der Waals surface area contributed by atoms with Crippen LogP contribution in [0, 0.1) is 5.41 Å². The first-order valence-electron chi connectivity index (χ1n) is 1.64. The van der Waals surface area contributed by atoms with Crippen LogP contribution < -0.4 is 5.73 Å². The number of rotatable bonds is 1. The molecular formula is C4H10Cl2N2. The first kappa shape index (κ1) is 15.7. The van der Waals surface area contributed by atoms with Crippen molar-refractivity contribution in [2.45, 2.75) is 6.92 Å². The van der Waals surface area contributed by atoms with Crippen molar-refractivity contribution in [1.29, 1.82) is 5.41 Å². The molecule has 0 aliphatic heterocycles. The topological polar surface area (TPSA) is 49.9 Å². The SMILES string of the molecule is C=C(C)C(=N)N.Cl.Cl. The Labute approximate surface area is 61.5 Å². The molecule has 2 nitrogen and oxygen atoms in total. The molecule has 0 aliphatic carbocycles. The van der Waals surface area contributed by atoms with Crippen LogP contribution in [0.15, 0.2) is 12.2 Å². The average Bonchev–Trinajstić information content (AvgIpc) is 1.36. The minimum atomic E-state index is 0. The van der Waals surface area contributed by atoms with E-state index in [1.807, 2.05) is 0 Å². The van der Waals surface area contributed by atoms with Gasteiger partial charge in [-0.25, -0.2) is 0 Å². The smallest absolute Gasteiger partial charge is 0.117 e. The fraction of sp³-hybridized carbons (Fsp3) is 0.250.